The molecule has 3 aromatic rings. The molecule has 3 rings (SSSR count). The SMILES string of the molecule is C=CCNc1ncnc2scc(-c3ccc(Cl)cc3)c12. The van der Waals surface area contributed by atoms with Crippen LogP contribution in [0.1, 0.15) is 0 Å². The van der Waals surface area contributed by atoms with Crippen LogP contribution in [0.4, 0.5) is 5.82 Å². The fourth-order valence-electron chi connectivity index (χ4n) is 2.02. The molecule has 2 heterocycles. The van der Waals surface area contributed by atoms with Crippen LogP contribution in [-0.4, -0.2) is 16.5 Å². The average Bonchev–Trinajstić information content (AvgIpc) is 2.90. The number of aromatic nitrogens is 2. The van der Waals surface area contributed by atoms with Crippen molar-refractivity contribution in [2.24, 2.45) is 0 Å². The molecule has 0 aliphatic rings. The van der Waals surface area contributed by atoms with Crippen LogP contribution in [-0.2, 0) is 0 Å². The van der Waals surface area contributed by atoms with Gasteiger partial charge in [0.05, 0.1) is 5.39 Å². The maximum Gasteiger partial charge on any atom is 0.139 e. The Labute approximate surface area is 126 Å². The van der Waals surface area contributed by atoms with Crippen molar-refractivity contribution in [3.63, 3.8) is 0 Å². The second-order valence-electron chi connectivity index (χ2n) is 4.23. The summed E-state index contributed by atoms with van der Waals surface area (Å²) in [6.45, 7) is 4.38. The van der Waals surface area contributed by atoms with Gasteiger partial charge in [-0.15, -0.1) is 17.9 Å². The van der Waals surface area contributed by atoms with Gasteiger partial charge in [-0.25, -0.2) is 9.97 Å². The van der Waals surface area contributed by atoms with E-state index in [1.165, 1.54) is 0 Å². The van der Waals surface area contributed by atoms with Crippen molar-refractivity contribution in [2.75, 3.05) is 11.9 Å². The lowest BCUT2D eigenvalue weighted by atomic mass is 10.1. The lowest BCUT2D eigenvalue weighted by molar-refractivity contribution is 1.19. The lowest BCUT2D eigenvalue weighted by Crippen LogP contribution is -2.01. The molecule has 1 N–H and O–H groups in total. The predicted molar refractivity (Wildman–Crippen MR) is 86.5 cm³/mol. The summed E-state index contributed by atoms with van der Waals surface area (Å²) in [7, 11) is 0. The van der Waals surface area contributed by atoms with Gasteiger partial charge in [0.15, 0.2) is 0 Å². The third-order valence-electron chi connectivity index (χ3n) is 2.94. The molecule has 1 aromatic carbocycles. The Morgan fingerprint density at radius 2 is 2.05 bits per heavy atom. The van der Waals surface area contributed by atoms with E-state index in [2.05, 4.69) is 27.2 Å². The van der Waals surface area contributed by atoms with Crippen molar-refractivity contribution >= 4 is 39.0 Å². The molecule has 20 heavy (non-hydrogen) atoms. The largest absolute Gasteiger partial charge is 0.366 e. The maximum atomic E-state index is 5.95. The fraction of sp³-hybridized carbons (Fsp3) is 0.0667. The van der Waals surface area contributed by atoms with E-state index in [1.54, 1.807) is 17.7 Å². The van der Waals surface area contributed by atoms with E-state index < -0.39 is 0 Å². The molecule has 0 atom stereocenters. The molecule has 0 amide bonds. The summed E-state index contributed by atoms with van der Waals surface area (Å²) in [5.74, 6) is 0.834. The van der Waals surface area contributed by atoms with Gasteiger partial charge in [0, 0.05) is 22.5 Å². The van der Waals surface area contributed by atoms with Gasteiger partial charge in [-0.1, -0.05) is 29.8 Å². The lowest BCUT2D eigenvalue weighted by Gasteiger charge is -2.06. The zero-order valence-corrected chi connectivity index (χ0v) is 12.2. The van der Waals surface area contributed by atoms with E-state index in [0.29, 0.717) is 6.54 Å². The zero-order chi connectivity index (χ0) is 13.9. The molecule has 0 radical (unpaired) electrons. The summed E-state index contributed by atoms with van der Waals surface area (Å²) < 4.78 is 0. The number of hydrogen-bond acceptors (Lipinski definition) is 4. The molecule has 0 saturated heterocycles. The van der Waals surface area contributed by atoms with Crippen LogP contribution in [0.5, 0.6) is 0 Å². The van der Waals surface area contributed by atoms with Gasteiger partial charge in [-0.05, 0) is 17.7 Å². The summed E-state index contributed by atoms with van der Waals surface area (Å²) in [6, 6.07) is 7.80. The molecule has 5 heteroatoms. The number of anilines is 1. The van der Waals surface area contributed by atoms with E-state index in [0.717, 1.165) is 32.2 Å². The minimum atomic E-state index is 0.669. The van der Waals surface area contributed by atoms with E-state index in [-0.39, 0.29) is 0 Å². The number of hydrogen-bond donors (Lipinski definition) is 1. The van der Waals surface area contributed by atoms with Gasteiger partial charge in [0.1, 0.15) is 17.0 Å². The van der Waals surface area contributed by atoms with Crippen LogP contribution in [0.2, 0.25) is 5.02 Å². The topological polar surface area (TPSA) is 37.8 Å². The van der Waals surface area contributed by atoms with Crippen LogP contribution < -0.4 is 5.32 Å². The van der Waals surface area contributed by atoms with Gasteiger partial charge < -0.3 is 5.32 Å². The van der Waals surface area contributed by atoms with E-state index in [1.807, 2.05) is 30.3 Å². The number of halogens is 1. The van der Waals surface area contributed by atoms with Crippen molar-refractivity contribution in [1.82, 2.24) is 9.97 Å². The van der Waals surface area contributed by atoms with Crippen molar-refractivity contribution in [2.45, 2.75) is 0 Å². The molecule has 0 fully saturated rings. The Balaban J connectivity index is 2.15. The van der Waals surface area contributed by atoms with Gasteiger partial charge in [-0.3, -0.25) is 0 Å². The van der Waals surface area contributed by atoms with E-state index >= 15 is 0 Å². The molecular formula is C15H12ClN3S. The molecule has 0 saturated carbocycles. The molecule has 0 bridgehead atoms. The van der Waals surface area contributed by atoms with Gasteiger partial charge in [0.25, 0.3) is 0 Å². The first-order valence-electron chi connectivity index (χ1n) is 6.12. The third-order valence-corrected chi connectivity index (χ3v) is 4.08. The van der Waals surface area contributed by atoms with Crippen LogP contribution in [0, 0.1) is 0 Å². The number of rotatable bonds is 4. The molecule has 0 spiro atoms. The van der Waals surface area contributed by atoms with Crippen molar-refractivity contribution in [3.05, 3.63) is 53.7 Å². The third kappa shape index (κ3) is 2.40. The predicted octanol–water partition coefficient (Wildman–Crippen LogP) is 4.61. The van der Waals surface area contributed by atoms with Crippen LogP contribution in [0.15, 0.2) is 48.6 Å². The second kappa shape index (κ2) is 5.61. The number of benzene rings is 1. The number of nitrogens with one attached hydrogen (secondary N) is 1. The number of thiophene rings is 1. The maximum absolute atomic E-state index is 5.95. The van der Waals surface area contributed by atoms with Crippen molar-refractivity contribution in [3.8, 4) is 11.1 Å². The minimum Gasteiger partial charge on any atom is -0.366 e. The summed E-state index contributed by atoms with van der Waals surface area (Å²) in [5.41, 5.74) is 2.23. The smallest absolute Gasteiger partial charge is 0.139 e. The Kier molecular flexibility index (Phi) is 3.67. The van der Waals surface area contributed by atoms with Gasteiger partial charge in [-0.2, -0.15) is 0 Å². The summed E-state index contributed by atoms with van der Waals surface area (Å²) in [5, 5.41) is 7.13. The molecule has 3 nitrogen and oxygen atoms in total. The van der Waals surface area contributed by atoms with Crippen LogP contribution >= 0.6 is 22.9 Å². The first-order chi connectivity index (χ1) is 9.79. The molecule has 2 aromatic heterocycles. The first-order valence-corrected chi connectivity index (χ1v) is 7.38. The van der Waals surface area contributed by atoms with Crippen LogP contribution in [0.25, 0.3) is 21.3 Å². The van der Waals surface area contributed by atoms with E-state index in [4.69, 9.17) is 11.6 Å². The quantitative estimate of drug-likeness (QED) is 0.715. The minimum absolute atomic E-state index is 0.669. The van der Waals surface area contributed by atoms with Gasteiger partial charge in [0.2, 0.25) is 0 Å². The monoisotopic (exact) mass is 301 g/mol. The summed E-state index contributed by atoms with van der Waals surface area (Å²) >= 11 is 7.56. The average molecular weight is 302 g/mol. The van der Waals surface area contributed by atoms with E-state index in [9.17, 15) is 0 Å². The Bertz CT molecular complexity index is 749. The van der Waals surface area contributed by atoms with Crippen LogP contribution in [0.3, 0.4) is 0 Å². The highest BCUT2D eigenvalue weighted by Gasteiger charge is 2.12. The second-order valence-corrected chi connectivity index (χ2v) is 5.52. The fourth-order valence-corrected chi connectivity index (χ4v) is 3.06. The number of nitrogens with zero attached hydrogens (tertiary/aromatic N) is 2. The first kappa shape index (κ1) is 13.1. The highest BCUT2D eigenvalue weighted by Crippen LogP contribution is 2.36. The molecule has 0 aliphatic carbocycles. The molecule has 0 aliphatic heterocycles. The van der Waals surface area contributed by atoms with Gasteiger partial charge >= 0.3 is 0 Å². The highest BCUT2D eigenvalue weighted by atomic mass is 35.5. The Morgan fingerprint density at radius 3 is 2.80 bits per heavy atom. The molecular weight excluding hydrogens is 290 g/mol. The highest BCUT2D eigenvalue weighted by molar-refractivity contribution is 7.17. The molecule has 0 unspecified atom stereocenters. The molecule has 100 valence electrons. The number of fused-ring (bicyclic) bond motifs is 1. The Morgan fingerprint density at radius 1 is 1.25 bits per heavy atom. The van der Waals surface area contributed by atoms with Crippen molar-refractivity contribution < 1.29 is 0 Å². The normalized spacial score (nSPS) is 10.7. The standard InChI is InChI=1S/C15H12ClN3S/c1-2-7-17-14-13-12(8-20-15(13)19-9-18-14)10-3-5-11(16)6-4-10/h2-6,8-9H,1,7H2,(H,17,18,19). The van der Waals surface area contributed by atoms with Crippen molar-refractivity contribution in [1.29, 1.82) is 0 Å². The zero-order valence-electron chi connectivity index (χ0n) is 10.6. The summed E-state index contributed by atoms with van der Waals surface area (Å²) in [4.78, 5) is 9.63. The Hall–Kier alpha value is -1.91. The summed E-state index contributed by atoms with van der Waals surface area (Å²) in [6.07, 6.45) is 3.39.